The van der Waals surface area contributed by atoms with E-state index in [-0.39, 0.29) is 22.9 Å². The number of nitrogens with one attached hydrogen (secondary N) is 1. The highest BCUT2D eigenvalue weighted by atomic mass is 35.5. The molecule has 31 heavy (non-hydrogen) atoms. The minimum atomic E-state index is -1.11. The van der Waals surface area contributed by atoms with Gasteiger partial charge in [-0.2, -0.15) is 0 Å². The van der Waals surface area contributed by atoms with Gasteiger partial charge in [0.25, 0.3) is 5.91 Å². The molecule has 0 fully saturated rings. The molecule has 1 heterocycles. The van der Waals surface area contributed by atoms with Gasteiger partial charge in [0.05, 0.1) is 10.6 Å². The molecule has 0 radical (unpaired) electrons. The van der Waals surface area contributed by atoms with Crippen molar-refractivity contribution in [1.29, 1.82) is 0 Å². The van der Waals surface area contributed by atoms with E-state index < -0.39 is 17.9 Å². The van der Waals surface area contributed by atoms with Crippen LogP contribution in [0.15, 0.2) is 48.5 Å². The van der Waals surface area contributed by atoms with E-state index in [1.165, 1.54) is 5.57 Å². The van der Waals surface area contributed by atoms with E-state index in [4.69, 9.17) is 11.6 Å². The second-order valence-electron chi connectivity index (χ2n) is 7.64. The van der Waals surface area contributed by atoms with Crippen molar-refractivity contribution < 1.29 is 19.5 Å². The fourth-order valence-corrected chi connectivity index (χ4v) is 3.97. The lowest BCUT2D eigenvalue weighted by Gasteiger charge is -2.25. The molecule has 2 aromatic rings. The van der Waals surface area contributed by atoms with Crippen molar-refractivity contribution in [3.05, 3.63) is 75.8 Å². The van der Waals surface area contributed by atoms with Gasteiger partial charge in [0.1, 0.15) is 6.04 Å². The molecule has 162 valence electrons. The molecule has 2 aromatic carbocycles. The van der Waals surface area contributed by atoms with Crippen molar-refractivity contribution in [2.75, 3.05) is 13.1 Å². The van der Waals surface area contributed by atoms with Crippen LogP contribution in [-0.4, -0.2) is 46.9 Å². The molecule has 7 heteroatoms. The van der Waals surface area contributed by atoms with Crippen LogP contribution in [-0.2, 0) is 16.0 Å². The van der Waals surface area contributed by atoms with E-state index in [1.54, 1.807) is 36.9 Å². The predicted molar refractivity (Wildman–Crippen MR) is 120 cm³/mol. The first kappa shape index (κ1) is 22.6. The first-order valence-electron chi connectivity index (χ1n) is 10.1. The van der Waals surface area contributed by atoms with Crippen molar-refractivity contribution in [3.63, 3.8) is 0 Å². The number of aryl methyl sites for hydroxylation is 1. The Morgan fingerprint density at radius 2 is 1.87 bits per heavy atom. The summed E-state index contributed by atoms with van der Waals surface area (Å²) < 4.78 is 0. The largest absolute Gasteiger partial charge is 0.480 e. The van der Waals surface area contributed by atoms with Crippen LogP contribution >= 0.6 is 11.6 Å². The summed E-state index contributed by atoms with van der Waals surface area (Å²) >= 11 is 6.13. The Labute approximate surface area is 186 Å². The van der Waals surface area contributed by atoms with E-state index in [2.05, 4.69) is 5.32 Å². The van der Waals surface area contributed by atoms with Gasteiger partial charge in [0.15, 0.2) is 0 Å². The third-order valence-corrected chi connectivity index (χ3v) is 5.79. The molecule has 1 aliphatic rings. The first-order chi connectivity index (χ1) is 14.8. The lowest BCUT2D eigenvalue weighted by atomic mass is 9.96. The number of carboxylic acid groups (broad SMARTS) is 1. The van der Waals surface area contributed by atoms with Crippen LogP contribution in [0.3, 0.4) is 0 Å². The number of hydrogen-bond acceptors (Lipinski definition) is 3. The number of halogens is 1. The van der Waals surface area contributed by atoms with Crippen LogP contribution in [0.4, 0.5) is 0 Å². The molecular formula is C24H25ClN2O4. The van der Waals surface area contributed by atoms with Crippen molar-refractivity contribution >= 4 is 35.0 Å². The average Bonchev–Trinajstić information content (AvgIpc) is 2.73. The van der Waals surface area contributed by atoms with E-state index in [0.717, 1.165) is 17.5 Å². The molecule has 6 nitrogen and oxygen atoms in total. The number of aliphatic carboxylic acids is 1. The highest BCUT2D eigenvalue weighted by Crippen LogP contribution is 2.23. The minimum Gasteiger partial charge on any atom is -0.480 e. The molecule has 0 spiro atoms. The number of amides is 2. The molecular weight excluding hydrogens is 416 g/mol. The van der Waals surface area contributed by atoms with Crippen LogP contribution in [0.1, 0.15) is 40.4 Å². The van der Waals surface area contributed by atoms with Gasteiger partial charge in [-0.3, -0.25) is 9.59 Å². The first-order valence-corrected chi connectivity index (χ1v) is 10.5. The molecule has 1 aliphatic heterocycles. The number of hydrogen-bond donors (Lipinski definition) is 2. The fraction of sp³-hybridized carbons (Fsp3) is 0.292. The van der Waals surface area contributed by atoms with Crippen molar-refractivity contribution in [1.82, 2.24) is 10.2 Å². The molecule has 0 bridgehead atoms. The molecule has 0 saturated carbocycles. The smallest absolute Gasteiger partial charge is 0.326 e. The highest BCUT2D eigenvalue weighted by Gasteiger charge is 2.23. The lowest BCUT2D eigenvalue weighted by Crippen LogP contribution is -2.42. The maximum absolute atomic E-state index is 12.6. The van der Waals surface area contributed by atoms with Crippen LogP contribution in [0.5, 0.6) is 0 Å². The zero-order valence-electron chi connectivity index (χ0n) is 17.5. The Morgan fingerprint density at radius 3 is 2.42 bits per heavy atom. The van der Waals surface area contributed by atoms with Gasteiger partial charge < -0.3 is 15.3 Å². The lowest BCUT2D eigenvalue weighted by molar-refractivity contribution is -0.139. The third-order valence-electron chi connectivity index (χ3n) is 5.47. The number of carbonyl (C=O) groups excluding carboxylic acids is 2. The normalized spacial score (nSPS) is 14.5. The molecule has 1 atom stereocenters. The van der Waals surface area contributed by atoms with Crippen LogP contribution < -0.4 is 5.32 Å². The summed E-state index contributed by atoms with van der Waals surface area (Å²) in [6.07, 6.45) is 2.98. The number of rotatable bonds is 6. The quantitative estimate of drug-likeness (QED) is 0.716. The summed E-state index contributed by atoms with van der Waals surface area (Å²) in [6, 6.07) is 11.7. The SMILES string of the molecule is CC(=O)N1CC=C(c2ccc(C[C@H](NC(=O)c3c(C)cccc3Cl)C(=O)O)cc2)CC1. The van der Waals surface area contributed by atoms with E-state index >= 15 is 0 Å². The summed E-state index contributed by atoms with van der Waals surface area (Å²) in [6.45, 7) is 4.61. The van der Waals surface area contributed by atoms with Crippen molar-refractivity contribution in [2.24, 2.45) is 0 Å². The summed E-state index contributed by atoms with van der Waals surface area (Å²) in [7, 11) is 0. The number of benzene rings is 2. The van der Waals surface area contributed by atoms with Gasteiger partial charge in [0.2, 0.25) is 5.91 Å². The van der Waals surface area contributed by atoms with Gasteiger partial charge >= 0.3 is 5.97 Å². The molecule has 0 aliphatic carbocycles. The van der Waals surface area contributed by atoms with Crippen molar-refractivity contribution in [3.8, 4) is 0 Å². The highest BCUT2D eigenvalue weighted by molar-refractivity contribution is 6.34. The molecule has 0 unspecified atom stereocenters. The number of nitrogens with zero attached hydrogens (tertiary/aromatic N) is 1. The average molecular weight is 441 g/mol. The molecule has 0 aromatic heterocycles. The minimum absolute atomic E-state index is 0.0689. The van der Waals surface area contributed by atoms with Gasteiger partial charge in [0, 0.05) is 26.4 Å². The Kier molecular flexibility index (Phi) is 7.13. The van der Waals surface area contributed by atoms with E-state index in [9.17, 15) is 19.5 Å². The zero-order chi connectivity index (χ0) is 22.5. The Balaban J connectivity index is 1.69. The second kappa shape index (κ2) is 9.79. The third kappa shape index (κ3) is 5.52. The van der Waals surface area contributed by atoms with Gasteiger partial charge in [-0.1, -0.05) is 54.1 Å². The topological polar surface area (TPSA) is 86.7 Å². The molecule has 2 amide bonds. The van der Waals surface area contributed by atoms with Crippen LogP contribution in [0.2, 0.25) is 5.02 Å². The van der Waals surface area contributed by atoms with E-state index in [0.29, 0.717) is 18.7 Å². The van der Waals surface area contributed by atoms with Crippen molar-refractivity contribution in [2.45, 2.75) is 32.7 Å². The summed E-state index contributed by atoms with van der Waals surface area (Å²) in [5.74, 6) is -1.55. The Hall–Kier alpha value is -3.12. The van der Waals surface area contributed by atoms with Crippen LogP contribution in [0.25, 0.3) is 5.57 Å². The Morgan fingerprint density at radius 1 is 1.16 bits per heavy atom. The summed E-state index contributed by atoms with van der Waals surface area (Å²) in [5, 5.41) is 12.5. The standard InChI is InChI=1S/C24H25ClN2O4/c1-15-4-3-5-20(25)22(15)23(29)26-21(24(30)31)14-17-6-8-18(9-7-17)19-10-12-27(13-11-19)16(2)28/h3-10,21H,11-14H2,1-2H3,(H,26,29)(H,30,31)/t21-/m0/s1. The summed E-state index contributed by atoms with van der Waals surface area (Å²) in [4.78, 5) is 37.6. The summed E-state index contributed by atoms with van der Waals surface area (Å²) in [5.41, 5.74) is 3.99. The van der Waals surface area contributed by atoms with Gasteiger partial charge in [-0.05, 0) is 41.7 Å². The van der Waals surface area contributed by atoms with E-state index in [1.807, 2.05) is 30.3 Å². The van der Waals surface area contributed by atoms with Crippen LogP contribution in [0, 0.1) is 6.92 Å². The molecule has 3 rings (SSSR count). The molecule has 0 saturated heterocycles. The maximum Gasteiger partial charge on any atom is 0.326 e. The number of carboxylic acids is 1. The molecule has 2 N–H and O–H groups in total. The monoisotopic (exact) mass is 440 g/mol. The predicted octanol–water partition coefficient (Wildman–Crippen LogP) is 3.71. The second-order valence-corrected chi connectivity index (χ2v) is 8.05. The van der Waals surface area contributed by atoms with Gasteiger partial charge in [-0.15, -0.1) is 0 Å². The van der Waals surface area contributed by atoms with Gasteiger partial charge in [-0.25, -0.2) is 4.79 Å². The fourth-order valence-electron chi connectivity index (χ4n) is 3.66. The number of carbonyl (C=O) groups is 3. The maximum atomic E-state index is 12.6. The zero-order valence-corrected chi connectivity index (χ0v) is 18.3. The Bertz CT molecular complexity index is 1010.